The van der Waals surface area contributed by atoms with E-state index in [4.69, 9.17) is 5.11 Å². The quantitative estimate of drug-likeness (QED) is 0.794. The summed E-state index contributed by atoms with van der Waals surface area (Å²) in [7, 11) is 0. The predicted molar refractivity (Wildman–Crippen MR) is 80.3 cm³/mol. The summed E-state index contributed by atoms with van der Waals surface area (Å²) < 4.78 is 0. The zero-order valence-corrected chi connectivity index (χ0v) is 12.5. The molecule has 0 radical (unpaired) electrons. The molecule has 1 fully saturated rings. The first-order chi connectivity index (χ1) is 9.04. The highest BCUT2D eigenvalue weighted by atomic mass is 16.4. The van der Waals surface area contributed by atoms with Gasteiger partial charge in [-0.2, -0.15) is 0 Å². The third kappa shape index (κ3) is 6.22. The molecule has 1 N–H and O–H groups in total. The van der Waals surface area contributed by atoms with E-state index in [1.165, 1.54) is 0 Å². The zero-order chi connectivity index (χ0) is 14.8. The van der Waals surface area contributed by atoms with Crippen LogP contribution in [0.25, 0.3) is 0 Å². The minimum Gasteiger partial charge on any atom is -0.481 e. The van der Waals surface area contributed by atoms with Crippen LogP contribution in [-0.4, -0.2) is 35.3 Å². The van der Waals surface area contributed by atoms with Crippen LogP contribution in [-0.2, 0) is 4.79 Å². The largest absolute Gasteiger partial charge is 0.481 e. The van der Waals surface area contributed by atoms with E-state index < -0.39 is 5.97 Å². The van der Waals surface area contributed by atoms with E-state index in [1.54, 1.807) is 6.21 Å². The van der Waals surface area contributed by atoms with Crippen molar-refractivity contribution in [2.75, 3.05) is 13.1 Å². The number of nitrogens with zero attached hydrogens (tertiary/aromatic N) is 2. The number of carboxylic acids is 1. The lowest BCUT2D eigenvalue weighted by Gasteiger charge is -2.31. The van der Waals surface area contributed by atoms with Crippen molar-refractivity contribution in [1.82, 2.24) is 4.90 Å². The molecule has 1 rings (SSSR count). The Morgan fingerprint density at radius 1 is 1.37 bits per heavy atom. The summed E-state index contributed by atoms with van der Waals surface area (Å²) >= 11 is 0. The van der Waals surface area contributed by atoms with Crippen LogP contribution in [0.1, 0.15) is 40.5 Å². The van der Waals surface area contributed by atoms with E-state index in [0.717, 1.165) is 24.5 Å². The van der Waals surface area contributed by atoms with Gasteiger partial charge in [-0.1, -0.05) is 26.5 Å². The number of allylic oxidation sites excluding steroid dienone is 3. The molecule has 0 unspecified atom stereocenters. The number of carboxylic acid groups (broad SMARTS) is 1. The normalized spacial score (nSPS) is 17.1. The maximum atomic E-state index is 10.8. The van der Waals surface area contributed by atoms with Gasteiger partial charge in [0, 0.05) is 30.7 Å². The number of hydrogen-bond acceptors (Lipinski definition) is 3. The van der Waals surface area contributed by atoms with Gasteiger partial charge in [-0.15, -0.1) is 0 Å². The maximum absolute atomic E-state index is 10.8. The first kappa shape index (κ1) is 17.4. The lowest BCUT2D eigenvalue weighted by atomic mass is 9.97. The van der Waals surface area contributed by atoms with Crippen LogP contribution < -0.4 is 0 Å². The zero-order valence-electron chi connectivity index (χ0n) is 12.5. The van der Waals surface area contributed by atoms with E-state index in [2.05, 4.69) is 16.5 Å². The molecule has 0 atom stereocenters. The molecule has 0 saturated carbocycles. The smallest absolute Gasteiger partial charge is 0.306 e. The van der Waals surface area contributed by atoms with Crippen LogP contribution >= 0.6 is 0 Å². The van der Waals surface area contributed by atoms with E-state index in [0.29, 0.717) is 12.8 Å². The van der Waals surface area contributed by atoms with Crippen LogP contribution in [0.4, 0.5) is 0 Å². The highest BCUT2D eigenvalue weighted by Crippen LogP contribution is 2.19. The van der Waals surface area contributed by atoms with Gasteiger partial charge in [-0.3, -0.25) is 9.79 Å². The summed E-state index contributed by atoms with van der Waals surface area (Å²) in [5.74, 6) is -0.887. The Morgan fingerprint density at radius 2 is 1.89 bits per heavy atom. The van der Waals surface area contributed by atoms with Crippen molar-refractivity contribution in [3.05, 3.63) is 24.0 Å². The fourth-order valence-electron chi connectivity index (χ4n) is 1.75. The third-order valence-corrected chi connectivity index (χ3v) is 3.09. The molecular weight excluding hydrogens is 240 g/mol. The van der Waals surface area contributed by atoms with Gasteiger partial charge in [0.1, 0.15) is 0 Å². The molecule has 1 saturated heterocycles. The van der Waals surface area contributed by atoms with Crippen molar-refractivity contribution in [2.45, 2.75) is 40.5 Å². The Morgan fingerprint density at radius 3 is 2.32 bits per heavy atom. The highest BCUT2D eigenvalue weighted by Gasteiger charge is 2.24. The average molecular weight is 266 g/mol. The highest BCUT2D eigenvalue weighted by molar-refractivity contribution is 5.78. The molecule has 19 heavy (non-hydrogen) atoms. The molecule has 0 aliphatic carbocycles. The van der Waals surface area contributed by atoms with Crippen LogP contribution in [0.2, 0.25) is 0 Å². The molecule has 1 aliphatic heterocycles. The number of aliphatic carboxylic acids is 1. The monoisotopic (exact) mass is 266 g/mol. The number of hydrogen-bond donors (Lipinski definition) is 1. The fourth-order valence-corrected chi connectivity index (χ4v) is 1.75. The van der Waals surface area contributed by atoms with Crippen molar-refractivity contribution in [1.29, 1.82) is 0 Å². The lowest BCUT2D eigenvalue weighted by molar-refractivity contribution is -0.143. The standard InChI is InChI=1S/C13H20N2O2.C2H6/c1-4-10(2)14-9-11(3)15-7-5-12(6-8-15)13(16)17;1-2/h4,9,12H,3,5-8H2,1-2H3,(H,16,17);1-2H3/b10-4-,14-9?;. The van der Waals surface area contributed by atoms with Gasteiger partial charge in [0.2, 0.25) is 0 Å². The first-order valence-corrected chi connectivity index (χ1v) is 6.88. The van der Waals surface area contributed by atoms with Gasteiger partial charge < -0.3 is 10.0 Å². The summed E-state index contributed by atoms with van der Waals surface area (Å²) in [5.41, 5.74) is 1.81. The number of likely N-dealkylation sites (tertiary alicyclic amines) is 1. The molecule has 0 aromatic rings. The Labute approximate surface area is 116 Å². The molecule has 0 aromatic heterocycles. The van der Waals surface area contributed by atoms with E-state index in [1.807, 2.05) is 33.8 Å². The van der Waals surface area contributed by atoms with Crippen LogP contribution in [0.15, 0.2) is 29.0 Å². The summed E-state index contributed by atoms with van der Waals surface area (Å²) in [4.78, 5) is 17.1. The summed E-state index contributed by atoms with van der Waals surface area (Å²) in [5, 5.41) is 8.90. The van der Waals surface area contributed by atoms with Crippen molar-refractivity contribution in [2.24, 2.45) is 10.9 Å². The molecule has 4 nitrogen and oxygen atoms in total. The van der Waals surface area contributed by atoms with Crippen LogP contribution in [0.3, 0.4) is 0 Å². The molecule has 0 amide bonds. The Kier molecular flexibility index (Phi) is 8.58. The number of aliphatic imine (C=N–C) groups is 1. The maximum Gasteiger partial charge on any atom is 0.306 e. The van der Waals surface area contributed by atoms with Gasteiger partial charge in [-0.05, 0) is 26.7 Å². The van der Waals surface area contributed by atoms with Gasteiger partial charge in [0.25, 0.3) is 0 Å². The minimum atomic E-state index is -0.686. The first-order valence-electron chi connectivity index (χ1n) is 6.88. The van der Waals surface area contributed by atoms with Crippen molar-refractivity contribution in [3.63, 3.8) is 0 Å². The Balaban J connectivity index is 0.00000154. The molecule has 0 aromatic carbocycles. The number of rotatable bonds is 4. The van der Waals surface area contributed by atoms with E-state index >= 15 is 0 Å². The van der Waals surface area contributed by atoms with Crippen molar-refractivity contribution >= 4 is 12.2 Å². The second kappa shape index (κ2) is 9.36. The number of carbonyl (C=O) groups is 1. The van der Waals surface area contributed by atoms with Gasteiger partial charge in [0.15, 0.2) is 0 Å². The molecule has 1 heterocycles. The van der Waals surface area contributed by atoms with Gasteiger partial charge >= 0.3 is 5.97 Å². The van der Waals surface area contributed by atoms with Gasteiger partial charge in [-0.25, -0.2) is 0 Å². The summed E-state index contributed by atoms with van der Waals surface area (Å²) in [6, 6.07) is 0. The Bertz CT molecular complexity index is 351. The minimum absolute atomic E-state index is 0.201. The topological polar surface area (TPSA) is 52.9 Å². The summed E-state index contributed by atoms with van der Waals surface area (Å²) in [6.07, 6.45) is 5.05. The molecule has 0 spiro atoms. The second-order valence-corrected chi connectivity index (χ2v) is 4.28. The van der Waals surface area contributed by atoms with Crippen LogP contribution in [0, 0.1) is 5.92 Å². The predicted octanol–water partition coefficient (Wildman–Crippen LogP) is 3.32. The SMILES string of the molecule is C=C(C=N/C(C)=C\C)N1CCC(C(=O)O)CC1.CC. The lowest BCUT2D eigenvalue weighted by Crippen LogP contribution is -2.35. The fraction of sp³-hybridized carbons (Fsp3) is 0.600. The summed E-state index contributed by atoms with van der Waals surface area (Å²) in [6.45, 7) is 13.3. The molecule has 4 heteroatoms. The second-order valence-electron chi connectivity index (χ2n) is 4.28. The molecule has 0 bridgehead atoms. The third-order valence-electron chi connectivity index (χ3n) is 3.09. The average Bonchev–Trinajstić information content (AvgIpc) is 2.46. The van der Waals surface area contributed by atoms with Gasteiger partial charge in [0.05, 0.1) is 5.92 Å². The Hall–Kier alpha value is -1.58. The molecular formula is C15H26N2O2. The molecule has 108 valence electrons. The number of piperidine rings is 1. The van der Waals surface area contributed by atoms with E-state index in [9.17, 15) is 4.79 Å². The van der Waals surface area contributed by atoms with E-state index in [-0.39, 0.29) is 5.92 Å². The van der Waals surface area contributed by atoms with Crippen LogP contribution in [0.5, 0.6) is 0 Å². The van der Waals surface area contributed by atoms with Crippen molar-refractivity contribution in [3.8, 4) is 0 Å². The molecule has 1 aliphatic rings. The van der Waals surface area contributed by atoms with Crippen molar-refractivity contribution < 1.29 is 9.90 Å².